The summed E-state index contributed by atoms with van der Waals surface area (Å²) in [6, 6.07) is 0. The summed E-state index contributed by atoms with van der Waals surface area (Å²) in [5.74, 6) is -0.332. The third-order valence-corrected chi connectivity index (χ3v) is 2.82. The Kier molecular flexibility index (Phi) is 12.9. The summed E-state index contributed by atoms with van der Waals surface area (Å²) in [6.07, 6.45) is 7.89. The molecule has 0 radical (unpaired) electrons. The molecule has 112 valence electrons. The maximum atomic E-state index is 11.5. The summed E-state index contributed by atoms with van der Waals surface area (Å²) < 4.78 is 9.99. The number of unbranched alkanes of at least 4 members (excludes halogenated alkanes) is 5. The summed E-state index contributed by atoms with van der Waals surface area (Å²) in [6.45, 7) is 6.74. The molecule has 0 aromatic rings. The molecule has 0 spiro atoms. The van der Waals surface area contributed by atoms with Crippen LogP contribution >= 0.6 is 0 Å². The fourth-order valence-corrected chi connectivity index (χ4v) is 1.68. The fraction of sp³-hybridized carbons (Fsp3) is 0.800. The van der Waals surface area contributed by atoms with Gasteiger partial charge in [-0.3, -0.25) is 0 Å². The van der Waals surface area contributed by atoms with E-state index in [0.717, 1.165) is 12.8 Å². The molecule has 0 atom stereocenters. The van der Waals surface area contributed by atoms with E-state index in [1.54, 1.807) is 0 Å². The average Bonchev–Trinajstić information content (AvgIpc) is 2.42. The minimum atomic E-state index is -0.332. The summed E-state index contributed by atoms with van der Waals surface area (Å²) in [4.78, 5) is 11.5. The third-order valence-electron chi connectivity index (χ3n) is 2.82. The van der Waals surface area contributed by atoms with Crippen molar-refractivity contribution in [3.05, 3.63) is 12.2 Å². The van der Waals surface area contributed by atoms with Crippen LogP contribution in [0.15, 0.2) is 12.2 Å². The molecule has 0 saturated carbocycles. The molecule has 4 nitrogen and oxygen atoms in total. The molecule has 19 heavy (non-hydrogen) atoms. The fourth-order valence-electron chi connectivity index (χ4n) is 1.68. The molecule has 0 bridgehead atoms. The molecule has 0 aromatic heterocycles. The van der Waals surface area contributed by atoms with Gasteiger partial charge in [0.1, 0.15) is 6.61 Å². The molecule has 0 saturated heterocycles. The van der Waals surface area contributed by atoms with Crippen LogP contribution in [0.3, 0.4) is 0 Å². The zero-order valence-corrected chi connectivity index (χ0v) is 12.2. The van der Waals surface area contributed by atoms with E-state index in [9.17, 15) is 4.79 Å². The van der Waals surface area contributed by atoms with Gasteiger partial charge in [-0.15, -0.1) is 0 Å². The maximum Gasteiger partial charge on any atom is 0.333 e. The largest absolute Gasteiger partial charge is 0.460 e. The lowest BCUT2D eigenvalue weighted by molar-refractivity contribution is -0.140. The zero-order valence-electron chi connectivity index (χ0n) is 12.2. The molecule has 0 aromatic carbocycles. The topological polar surface area (TPSA) is 55.8 Å². The molecular formula is C15H28O4. The molecule has 0 unspecified atom stereocenters. The highest BCUT2D eigenvalue weighted by molar-refractivity contribution is 5.87. The predicted molar refractivity (Wildman–Crippen MR) is 76.0 cm³/mol. The zero-order chi connectivity index (χ0) is 14.3. The lowest BCUT2D eigenvalue weighted by atomic mass is 10.1. The maximum absolute atomic E-state index is 11.5. The first-order valence-electron chi connectivity index (χ1n) is 7.25. The van der Waals surface area contributed by atoms with Crippen LogP contribution in [0.25, 0.3) is 0 Å². The van der Waals surface area contributed by atoms with Gasteiger partial charge in [-0.25, -0.2) is 4.79 Å². The first-order chi connectivity index (χ1) is 9.22. The second kappa shape index (κ2) is 13.6. The van der Waals surface area contributed by atoms with Gasteiger partial charge in [-0.1, -0.05) is 45.6 Å². The monoisotopic (exact) mass is 272 g/mol. The average molecular weight is 272 g/mol. The highest BCUT2D eigenvalue weighted by atomic mass is 16.6. The van der Waals surface area contributed by atoms with E-state index in [2.05, 4.69) is 13.5 Å². The quantitative estimate of drug-likeness (QED) is 0.318. The third kappa shape index (κ3) is 11.9. The minimum absolute atomic E-state index is 0.0152. The van der Waals surface area contributed by atoms with Crippen molar-refractivity contribution in [2.24, 2.45) is 0 Å². The number of carbonyl (C=O) groups is 1. The lowest BCUT2D eigenvalue weighted by Gasteiger charge is -2.07. The normalized spacial score (nSPS) is 10.4. The van der Waals surface area contributed by atoms with E-state index in [1.165, 1.54) is 25.7 Å². The van der Waals surface area contributed by atoms with Gasteiger partial charge < -0.3 is 14.6 Å². The van der Waals surface area contributed by atoms with Gasteiger partial charge in [0.05, 0.1) is 19.8 Å². The van der Waals surface area contributed by atoms with Crippen molar-refractivity contribution in [1.29, 1.82) is 0 Å². The van der Waals surface area contributed by atoms with Crippen molar-refractivity contribution in [3.63, 3.8) is 0 Å². The second-order valence-electron chi connectivity index (χ2n) is 4.59. The van der Waals surface area contributed by atoms with Crippen molar-refractivity contribution >= 4 is 5.97 Å². The highest BCUT2D eigenvalue weighted by Gasteiger charge is 2.07. The van der Waals surface area contributed by atoms with E-state index in [-0.39, 0.29) is 25.8 Å². The Morgan fingerprint density at radius 1 is 1.05 bits per heavy atom. The standard InChI is InChI=1S/C15H28O4/c1-3-4-5-6-7-8-9-14(2)15(17)19-13-12-18-11-10-16/h16H,2-13H2,1H3. The SMILES string of the molecule is C=C(CCCCCCCC)C(=O)OCCOCCO. The van der Waals surface area contributed by atoms with E-state index < -0.39 is 0 Å². The molecule has 0 aliphatic heterocycles. The van der Waals surface area contributed by atoms with Crippen molar-refractivity contribution < 1.29 is 19.4 Å². The Bertz CT molecular complexity index is 238. The molecule has 0 amide bonds. The van der Waals surface area contributed by atoms with Gasteiger partial charge in [-0.2, -0.15) is 0 Å². The van der Waals surface area contributed by atoms with Gasteiger partial charge in [0.25, 0.3) is 0 Å². The van der Waals surface area contributed by atoms with Crippen LogP contribution in [0.2, 0.25) is 0 Å². The summed E-state index contributed by atoms with van der Waals surface area (Å²) >= 11 is 0. The second-order valence-corrected chi connectivity index (χ2v) is 4.59. The van der Waals surface area contributed by atoms with Crippen LogP contribution in [0.5, 0.6) is 0 Å². The van der Waals surface area contributed by atoms with Crippen LogP contribution in [-0.2, 0) is 14.3 Å². The van der Waals surface area contributed by atoms with Gasteiger partial charge in [0.2, 0.25) is 0 Å². The smallest absolute Gasteiger partial charge is 0.333 e. The number of ether oxygens (including phenoxy) is 2. The van der Waals surface area contributed by atoms with Crippen molar-refractivity contribution in [2.45, 2.75) is 51.9 Å². The first-order valence-corrected chi connectivity index (χ1v) is 7.25. The van der Waals surface area contributed by atoms with Crippen LogP contribution in [-0.4, -0.2) is 37.5 Å². The van der Waals surface area contributed by atoms with Crippen LogP contribution in [0.1, 0.15) is 51.9 Å². The van der Waals surface area contributed by atoms with Gasteiger partial charge >= 0.3 is 5.97 Å². The van der Waals surface area contributed by atoms with E-state index in [0.29, 0.717) is 18.6 Å². The summed E-state index contributed by atoms with van der Waals surface area (Å²) in [7, 11) is 0. The first kappa shape index (κ1) is 18.1. The Hall–Kier alpha value is -0.870. The molecule has 0 rings (SSSR count). The van der Waals surface area contributed by atoms with Crippen LogP contribution in [0, 0.1) is 0 Å². The van der Waals surface area contributed by atoms with Gasteiger partial charge in [-0.05, 0) is 12.8 Å². The molecule has 4 heteroatoms. The molecule has 0 aliphatic carbocycles. The Balaban J connectivity index is 3.41. The number of rotatable bonds is 13. The van der Waals surface area contributed by atoms with Crippen LogP contribution in [0.4, 0.5) is 0 Å². The molecule has 0 aliphatic rings. The molecule has 0 fully saturated rings. The van der Waals surface area contributed by atoms with Gasteiger partial charge in [0.15, 0.2) is 0 Å². The predicted octanol–water partition coefficient (Wildman–Crippen LogP) is 2.85. The van der Waals surface area contributed by atoms with E-state index in [4.69, 9.17) is 14.6 Å². The lowest BCUT2D eigenvalue weighted by Crippen LogP contribution is -2.13. The molecular weight excluding hydrogens is 244 g/mol. The number of esters is 1. The Labute approximate surface area is 116 Å². The van der Waals surface area contributed by atoms with E-state index >= 15 is 0 Å². The van der Waals surface area contributed by atoms with Crippen molar-refractivity contribution in [1.82, 2.24) is 0 Å². The summed E-state index contributed by atoms with van der Waals surface area (Å²) in [5.41, 5.74) is 0.539. The molecule has 0 heterocycles. The number of hydrogen-bond donors (Lipinski definition) is 1. The Morgan fingerprint density at radius 3 is 2.42 bits per heavy atom. The summed E-state index contributed by atoms with van der Waals surface area (Å²) in [5, 5.41) is 8.49. The van der Waals surface area contributed by atoms with E-state index in [1.807, 2.05) is 0 Å². The highest BCUT2D eigenvalue weighted by Crippen LogP contribution is 2.11. The number of aliphatic hydroxyl groups is 1. The van der Waals surface area contributed by atoms with Crippen molar-refractivity contribution in [2.75, 3.05) is 26.4 Å². The number of carbonyl (C=O) groups excluding carboxylic acids is 1. The van der Waals surface area contributed by atoms with Crippen molar-refractivity contribution in [3.8, 4) is 0 Å². The number of hydrogen-bond acceptors (Lipinski definition) is 4. The minimum Gasteiger partial charge on any atom is -0.460 e. The number of aliphatic hydroxyl groups excluding tert-OH is 1. The molecule has 1 N–H and O–H groups in total. The Morgan fingerprint density at radius 2 is 1.74 bits per heavy atom. The van der Waals surface area contributed by atoms with Crippen LogP contribution < -0.4 is 0 Å². The van der Waals surface area contributed by atoms with Gasteiger partial charge in [0, 0.05) is 5.57 Å².